The van der Waals surface area contributed by atoms with E-state index in [0.29, 0.717) is 12.0 Å². The number of piperidine rings is 1. The highest BCUT2D eigenvalue weighted by Gasteiger charge is 2.29. The number of aliphatic hydroxyl groups is 1. The first-order valence-corrected chi connectivity index (χ1v) is 8.73. The monoisotopic (exact) mass is 328 g/mol. The molecule has 0 aliphatic carbocycles. The summed E-state index contributed by atoms with van der Waals surface area (Å²) in [6.07, 6.45) is 7.22. The van der Waals surface area contributed by atoms with Crippen LogP contribution < -0.4 is 10.2 Å². The third kappa shape index (κ3) is 2.89. The minimum Gasteiger partial charge on any atom is -0.394 e. The van der Waals surface area contributed by atoms with Gasteiger partial charge in [-0.3, -0.25) is 4.68 Å². The average molecular weight is 328 g/mol. The number of nitrogens with zero attached hydrogens (tertiary/aromatic N) is 5. The summed E-state index contributed by atoms with van der Waals surface area (Å²) in [7, 11) is 0. The maximum atomic E-state index is 9.41. The Balaban J connectivity index is 1.59. The molecule has 2 aliphatic heterocycles. The summed E-state index contributed by atoms with van der Waals surface area (Å²) in [5.74, 6) is 0.713. The Bertz CT molecular complexity index is 707. The lowest BCUT2D eigenvalue weighted by molar-refractivity contribution is 0.224. The van der Waals surface area contributed by atoms with Crippen molar-refractivity contribution in [1.29, 1.82) is 0 Å². The standard InChI is InChI=1S/C17H24N6O/c1-12-8-16(21-17(20-12)22-7-4-15(22)11-24)13-9-19-23(10-13)14-2-5-18-6-3-14/h8-10,14-15,18,24H,2-7,11H2,1H3/t15-/m1/s1. The molecule has 2 fully saturated rings. The van der Waals surface area contributed by atoms with Crippen molar-refractivity contribution >= 4 is 5.95 Å². The van der Waals surface area contributed by atoms with Crippen molar-refractivity contribution in [3.63, 3.8) is 0 Å². The van der Waals surface area contributed by atoms with Gasteiger partial charge in [0.2, 0.25) is 5.95 Å². The van der Waals surface area contributed by atoms with Crippen molar-refractivity contribution in [1.82, 2.24) is 25.1 Å². The van der Waals surface area contributed by atoms with E-state index in [-0.39, 0.29) is 12.6 Å². The largest absolute Gasteiger partial charge is 0.394 e. The zero-order valence-corrected chi connectivity index (χ0v) is 14.0. The zero-order valence-electron chi connectivity index (χ0n) is 14.0. The molecule has 2 aromatic heterocycles. The van der Waals surface area contributed by atoms with E-state index < -0.39 is 0 Å². The first-order valence-electron chi connectivity index (χ1n) is 8.73. The summed E-state index contributed by atoms with van der Waals surface area (Å²) in [5.41, 5.74) is 2.87. The molecule has 2 saturated heterocycles. The van der Waals surface area contributed by atoms with E-state index in [1.165, 1.54) is 0 Å². The topological polar surface area (TPSA) is 79.1 Å². The molecule has 2 N–H and O–H groups in total. The molecule has 4 heterocycles. The Hall–Kier alpha value is -1.99. The van der Waals surface area contributed by atoms with Crippen LogP contribution in [0.1, 0.15) is 31.0 Å². The summed E-state index contributed by atoms with van der Waals surface area (Å²) >= 11 is 0. The van der Waals surface area contributed by atoms with E-state index in [9.17, 15) is 5.11 Å². The van der Waals surface area contributed by atoms with Crippen LogP contribution in [0, 0.1) is 6.92 Å². The lowest BCUT2D eigenvalue weighted by Gasteiger charge is -2.40. The van der Waals surface area contributed by atoms with E-state index in [4.69, 9.17) is 4.98 Å². The van der Waals surface area contributed by atoms with Crippen LogP contribution in [0.2, 0.25) is 0 Å². The molecule has 7 nitrogen and oxygen atoms in total. The van der Waals surface area contributed by atoms with Crippen LogP contribution in [-0.4, -0.2) is 57.1 Å². The van der Waals surface area contributed by atoms with Crippen molar-refractivity contribution in [2.24, 2.45) is 0 Å². The predicted molar refractivity (Wildman–Crippen MR) is 92.0 cm³/mol. The van der Waals surface area contributed by atoms with Crippen LogP contribution in [0.15, 0.2) is 18.5 Å². The summed E-state index contributed by atoms with van der Waals surface area (Å²) in [4.78, 5) is 11.3. The van der Waals surface area contributed by atoms with Crippen LogP contribution in [0.5, 0.6) is 0 Å². The number of nitrogens with one attached hydrogen (secondary N) is 1. The Morgan fingerprint density at radius 2 is 2.08 bits per heavy atom. The van der Waals surface area contributed by atoms with Crippen molar-refractivity contribution in [2.45, 2.75) is 38.3 Å². The molecule has 0 bridgehead atoms. The van der Waals surface area contributed by atoms with Gasteiger partial charge in [0.15, 0.2) is 0 Å². The van der Waals surface area contributed by atoms with E-state index in [1.807, 2.05) is 19.2 Å². The molecule has 0 aromatic carbocycles. The van der Waals surface area contributed by atoms with Crippen LogP contribution in [0.25, 0.3) is 11.3 Å². The third-order valence-electron chi connectivity index (χ3n) is 5.03. The molecule has 0 amide bonds. The van der Waals surface area contributed by atoms with Crippen LogP contribution >= 0.6 is 0 Å². The number of hydrogen-bond donors (Lipinski definition) is 2. The fraction of sp³-hybridized carbons (Fsp3) is 0.588. The van der Waals surface area contributed by atoms with Gasteiger partial charge in [0.1, 0.15) is 0 Å². The highest BCUT2D eigenvalue weighted by atomic mass is 16.3. The molecule has 24 heavy (non-hydrogen) atoms. The minimum atomic E-state index is 0.150. The number of anilines is 1. The lowest BCUT2D eigenvalue weighted by atomic mass is 10.1. The maximum Gasteiger partial charge on any atom is 0.226 e. The van der Waals surface area contributed by atoms with Gasteiger partial charge in [-0.25, -0.2) is 9.97 Å². The molecule has 7 heteroatoms. The fourth-order valence-corrected chi connectivity index (χ4v) is 3.46. The molecule has 1 atom stereocenters. The number of hydrogen-bond acceptors (Lipinski definition) is 6. The lowest BCUT2D eigenvalue weighted by Crippen LogP contribution is -2.50. The van der Waals surface area contributed by atoms with Crippen LogP contribution in [0.3, 0.4) is 0 Å². The number of aliphatic hydroxyl groups excluding tert-OH is 1. The maximum absolute atomic E-state index is 9.41. The van der Waals surface area contributed by atoms with E-state index in [1.54, 1.807) is 0 Å². The predicted octanol–water partition coefficient (Wildman–Crippen LogP) is 1.14. The first kappa shape index (κ1) is 15.5. The van der Waals surface area contributed by atoms with E-state index in [0.717, 1.165) is 55.8 Å². The van der Waals surface area contributed by atoms with Gasteiger partial charge in [0, 0.05) is 24.0 Å². The highest BCUT2D eigenvalue weighted by Crippen LogP contribution is 2.27. The van der Waals surface area contributed by atoms with E-state index in [2.05, 4.69) is 31.2 Å². The number of aromatic nitrogens is 4. The smallest absolute Gasteiger partial charge is 0.226 e. The van der Waals surface area contributed by atoms with Gasteiger partial charge in [-0.05, 0) is 45.3 Å². The van der Waals surface area contributed by atoms with Crippen molar-refractivity contribution in [3.05, 3.63) is 24.2 Å². The van der Waals surface area contributed by atoms with Gasteiger partial charge >= 0.3 is 0 Å². The second-order valence-electron chi connectivity index (χ2n) is 6.70. The molecular formula is C17H24N6O. The molecule has 0 saturated carbocycles. The molecular weight excluding hydrogens is 304 g/mol. The van der Waals surface area contributed by atoms with Gasteiger partial charge in [-0.2, -0.15) is 5.10 Å². The fourth-order valence-electron chi connectivity index (χ4n) is 3.46. The van der Waals surface area contributed by atoms with Gasteiger partial charge in [0.05, 0.1) is 30.6 Å². The first-order chi connectivity index (χ1) is 11.7. The molecule has 128 valence electrons. The average Bonchev–Trinajstić information content (AvgIpc) is 3.05. The Kier molecular flexibility index (Phi) is 4.20. The van der Waals surface area contributed by atoms with Crippen LogP contribution in [0.4, 0.5) is 5.95 Å². The highest BCUT2D eigenvalue weighted by molar-refractivity contribution is 5.59. The normalized spacial score (nSPS) is 21.8. The van der Waals surface area contributed by atoms with E-state index >= 15 is 0 Å². The SMILES string of the molecule is Cc1cc(-c2cnn(C3CCNCC3)c2)nc(N2CC[C@@H]2CO)n1. The summed E-state index contributed by atoms with van der Waals surface area (Å²) in [6.45, 7) is 5.14. The van der Waals surface area contributed by atoms with Gasteiger partial charge < -0.3 is 15.3 Å². The summed E-state index contributed by atoms with van der Waals surface area (Å²) in [5, 5.41) is 17.4. The number of aryl methyl sites for hydroxylation is 1. The van der Waals surface area contributed by atoms with Gasteiger partial charge in [-0.15, -0.1) is 0 Å². The Morgan fingerprint density at radius 1 is 1.25 bits per heavy atom. The Labute approximate surface area is 141 Å². The summed E-state index contributed by atoms with van der Waals surface area (Å²) < 4.78 is 2.08. The molecule has 0 spiro atoms. The molecule has 0 unspecified atom stereocenters. The molecule has 2 aromatic rings. The minimum absolute atomic E-state index is 0.150. The molecule has 0 radical (unpaired) electrons. The zero-order chi connectivity index (χ0) is 16.5. The number of rotatable bonds is 4. The molecule has 2 aliphatic rings. The quantitative estimate of drug-likeness (QED) is 0.876. The second-order valence-corrected chi connectivity index (χ2v) is 6.70. The van der Waals surface area contributed by atoms with Crippen molar-refractivity contribution < 1.29 is 5.11 Å². The molecule has 4 rings (SSSR count). The van der Waals surface area contributed by atoms with Crippen molar-refractivity contribution in [2.75, 3.05) is 31.1 Å². The second kappa shape index (κ2) is 6.49. The summed E-state index contributed by atoms with van der Waals surface area (Å²) in [6, 6.07) is 2.62. The van der Waals surface area contributed by atoms with Gasteiger partial charge in [-0.1, -0.05) is 0 Å². The van der Waals surface area contributed by atoms with Crippen LogP contribution in [-0.2, 0) is 0 Å². The Morgan fingerprint density at radius 3 is 2.79 bits per heavy atom. The van der Waals surface area contributed by atoms with Gasteiger partial charge in [0.25, 0.3) is 0 Å². The third-order valence-corrected chi connectivity index (χ3v) is 5.03. The van der Waals surface area contributed by atoms with Crippen molar-refractivity contribution in [3.8, 4) is 11.3 Å².